The molecule has 0 spiro atoms. The van der Waals surface area contributed by atoms with Crippen molar-refractivity contribution in [2.75, 3.05) is 0 Å². The van der Waals surface area contributed by atoms with Crippen LogP contribution in [0.25, 0.3) is 0 Å². The molecule has 0 N–H and O–H groups in total. The van der Waals surface area contributed by atoms with Crippen LogP contribution in [0.15, 0.2) is 18.2 Å². The maximum atomic E-state index is 10.3. The van der Waals surface area contributed by atoms with Crippen molar-refractivity contribution in [2.45, 2.75) is 12.3 Å². The zero-order valence-corrected chi connectivity index (χ0v) is 8.17. The molecule has 0 radical (unpaired) electrons. The lowest BCUT2D eigenvalue weighted by molar-refractivity contribution is -0.384. The predicted octanol–water partition coefficient (Wildman–Crippen LogP) is 2.80. The highest BCUT2D eigenvalue weighted by Gasteiger charge is 2.06. The smallest absolute Gasteiger partial charge is 0.258 e. The third kappa shape index (κ3) is 1.82. The lowest BCUT2D eigenvalue weighted by atomic mass is 10.1. The molecule has 0 saturated carbocycles. The van der Waals surface area contributed by atoms with Gasteiger partial charge in [0.1, 0.15) is 0 Å². The van der Waals surface area contributed by atoms with Crippen molar-refractivity contribution in [3.8, 4) is 0 Å². The summed E-state index contributed by atoms with van der Waals surface area (Å²) in [5, 5.41) is 11.1. The summed E-state index contributed by atoms with van der Waals surface area (Å²) in [5.74, 6) is 0. The minimum atomic E-state index is -0.384. The van der Waals surface area contributed by atoms with E-state index in [1.165, 1.54) is 6.07 Å². The van der Waals surface area contributed by atoms with Gasteiger partial charge in [-0.1, -0.05) is 22.0 Å². The van der Waals surface area contributed by atoms with Crippen LogP contribution in [0.2, 0.25) is 0 Å². The largest absolute Gasteiger partial charge is 0.269 e. The molecule has 0 amide bonds. The molecule has 0 heterocycles. The van der Waals surface area contributed by atoms with Gasteiger partial charge in [0.25, 0.3) is 5.69 Å². The van der Waals surface area contributed by atoms with Crippen LogP contribution in [-0.4, -0.2) is 4.92 Å². The molecule has 12 heavy (non-hydrogen) atoms. The van der Waals surface area contributed by atoms with Gasteiger partial charge in [-0.25, -0.2) is 0 Å². The Hall–Kier alpha value is -0.900. The van der Waals surface area contributed by atoms with E-state index in [9.17, 15) is 10.1 Å². The Balaban J connectivity index is 3.10. The minimum Gasteiger partial charge on any atom is -0.258 e. The third-order valence-corrected chi connectivity index (χ3v) is 2.29. The van der Waals surface area contributed by atoms with Crippen molar-refractivity contribution in [3.05, 3.63) is 39.4 Å². The molecular weight excluding hydrogens is 222 g/mol. The normalized spacial score (nSPS) is 9.83. The molecular formula is C8H8BrNO2. The number of benzene rings is 1. The molecule has 0 fully saturated rings. The summed E-state index contributed by atoms with van der Waals surface area (Å²) in [6.07, 6.45) is 0. The predicted molar refractivity (Wildman–Crippen MR) is 50.5 cm³/mol. The van der Waals surface area contributed by atoms with E-state index in [0.717, 1.165) is 16.5 Å². The van der Waals surface area contributed by atoms with Gasteiger partial charge in [-0.3, -0.25) is 10.1 Å². The highest BCUT2D eigenvalue weighted by molar-refractivity contribution is 9.08. The standard InChI is InChI=1S/C8H8BrNO2/c1-6-4-8(10(11)12)3-2-7(6)5-9/h2-4H,5H2,1H3. The molecule has 64 valence electrons. The Kier molecular flexibility index (Phi) is 2.81. The molecule has 1 rings (SSSR count). The molecule has 0 saturated heterocycles. The van der Waals surface area contributed by atoms with Gasteiger partial charge in [0, 0.05) is 17.5 Å². The topological polar surface area (TPSA) is 43.1 Å². The summed E-state index contributed by atoms with van der Waals surface area (Å²) in [7, 11) is 0. The summed E-state index contributed by atoms with van der Waals surface area (Å²) >= 11 is 3.30. The fraction of sp³-hybridized carbons (Fsp3) is 0.250. The molecule has 0 atom stereocenters. The van der Waals surface area contributed by atoms with Crippen molar-refractivity contribution in [2.24, 2.45) is 0 Å². The first-order chi connectivity index (χ1) is 5.65. The molecule has 0 bridgehead atoms. The first kappa shape index (κ1) is 9.19. The number of hydrogen-bond acceptors (Lipinski definition) is 2. The highest BCUT2D eigenvalue weighted by atomic mass is 79.9. The molecule has 1 aromatic rings. The summed E-state index contributed by atoms with van der Waals surface area (Å²) in [5.41, 5.74) is 2.18. The van der Waals surface area contributed by atoms with Gasteiger partial charge in [-0.15, -0.1) is 0 Å². The molecule has 1 aromatic carbocycles. The average Bonchev–Trinajstić information content (AvgIpc) is 2.04. The summed E-state index contributed by atoms with van der Waals surface area (Å²) in [6, 6.07) is 4.86. The maximum Gasteiger partial charge on any atom is 0.269 e. The van der Waals surface area contributed by atoms with Gasteiger partial charge in [-0.2, -0.15) is 0 Å². The van der Waals surface area contributed by atoms with Crippen molar-refractivity contribution < 1.29 is 4.92 Å². The second-order valence-corrected chi connectivity index (χ2v) is 3.06. The number of alkyl halides is 1. The Morgan fingerprint density at radius 3 is 2.67 bits per heavy atom. The van der Waals surface area contributed by atoms with Crippen molar-refractivity contribution in [3.63, 3.8) is 0 Å². The Labute approximate surface area is 78.7 Å². The fourth-order valence-corrected chi connectivity index (χ4v) is 1.57. The summed E-state index contributed by atoms with van der Waals surface area (Å²) in [4.78, 5) is 9.96. The maximum absolute atomic E-state index is 10.3. The number of halogens is 1. The number of rotatable bonds is 2. The monoisotopic (exact) mass is 229 g/mol. The zero-order chi connectivity index (χ0) is 9.14. The lowest BCUT2D eigenvalue weighted by Crippen LogP contribution is -1.90. The van der Waals surface area contributed by atoms with E-state index in [4.69, 9.17) is 0 Å². The van der Waals surface area contributed by atoms with E-state index < -0.39 is 0 Å². The number of nitro benzene ring substituents is 1. The quantitative estimate of drug-likeness (QED) is 0.445. The minimum absolute atomic E-state index is 0.150. The van der Waals surface area contributed by atoms with E-state index in [2.05, 4.69) is 15.9 Å². The highest BCUT2D eigenvalue weighted by Crippen LogP contribution is 2.18. The van der Waals surface area contributed by atoms with E-state index in [-0.39, 0.29) is 10.6 Å². The third-order valence-electron chi connectivity index (χ3n) is 1.68. The van der Waals surface area contributed by atoms with Gasteiger partial charge >= 0.3 is 0 Å². The molecule has 0 unspecified atom stereocenters. The Morgan fingerprint density at radius 2 is 2.25 bits per heavy atom. The van der Waals surface area contributed by atoms with Crippen LogP contribution in [0.3, 0.4) is 0 Å². The second kappa shape index (κ2) is 3.67. The molecule has 0 aromatic heterocycles. The average molecular weight is 230 g/mol. The number of nitrogens with zero attached hydrogens (tertiary/aromatic N) is 1. The van der Waals surface area contributed by atoms with Crippen LogP contribution in [0.5, 0.6) is 0 Å². The molecule has 0 aliphatic heterocycles. The number of nitro groups is 1. The molecule has 0 aliphatic rings. The van der Waals surface area contributed by atoms with Gasteiger partial charge in [0.2, 0.25) is 0 Å². The molecule has 3 nitrogen and oxygen atoms in total. The van der Waals surface area contributed by atoms with Crippen LogP contribution in [0, 0.1) is 17.0 Å². The van der Waals surface area contributed by atoms with Crippen LogP contribution in [-0.2, 0) is 5.33 Å². The van der Waals surface area contributed by atoms with Crippen molar-refractivity contribution in [1.82, 2.24) is 0 Å². The second-order valence-electron chi connectivity index (χ2n) is 2.50. The number of hydrogen-bond donors (Lipinski definition) is 0. The van der Waals surface area contributed by atoms with Crippen LogP contribution >= 0.6 is 15.9 Å². The van der Waals surface area contributed by atoms with E-state index in [1.54, 1.807) is 12.1 Å². The molecule has 0 aliphatic carbocycles. The number of non-ortho nitro benzene ring substituents is 1. The van der Waals surface area contributed by atoms with Crippen LogP contribution in [0.1, 0.15) is 11.1 Å². The zero-order valence-electron chi connectivity index (χ0n) is 6.58. The molecule has 4 heteroatoms. The van der Waals surface area contributed by atoms with Crippen LogP contribution in [0.4, 0.5) is 5.69 Å². The fourth-order valence-electron chi connectivity index (χ4n) is 0.944. The first-order valence-electron chi connectivity index (χ1n) is 3.45. The lowest BCUT2D eigenvalue weighted by Gasteiger charge is -1.99. The SMILES string of the molecule is Cc1cc([N+](=O)[O-])ccc1CBr. The van der Waals surface area contributed by atoms with E-state index in [0.29, 0.717) is 0 Å². The Morgan fingerprint density at radius 1 is 1.58 bits per heavy atom. The van der Waals surface area contributed by atoms with Crippen LogP contribution < -0.4 is 0 Å². The van der Waals surface area contributed by atoms with E-state index in [1.807, 2.05) is 6.92 Å². The first-order valence-corrected chi connectivity index (χ1v) is 4.57. The van der Waals surface area contributed by atoms with Gasteiger partial charge in [-0.05, 0) is 18.1 Å². The van der Waals surface area contributed by atoms with Crippen molar-refractivity contribution >= 4 is 21.6 Å². The summed E-state index contributed by atoms with van der Waals surface area (Å²) in [6.45, 7) is 1.86. The van der Waals surface area contributed by atoms with Gasteiger partial charge in [0.05, 0.1) is 4.92 Å². The van der Waals surface area contributed by atoms with Gasteiger partial charge < -0.3 is 0 Å². The van der Waals surface area contributed by atoms with E-state index >= 15 is 0 Å². The summed E-state index contributed by atoms with van der Waals surface area (Å²) < 4.78 is 0. The number of aryl methyl sites for hydroxylation is 1. The Bertz CT molecular complexity index is 312. The van der Waals surface area contributed by atoms with Crippen molar-refractivity contribution in [1.29, 1.82) is 0 Å². The van der Waals surface area contributed by atoms with Gasteiger partial charge in [0.15, 0.2) is 0 Å².